The molecule has 2 atom stereocenters. The number of aromatic nitrogens is 1. The third-order valence-electron chi connectivity index (χ3n) is 3.09. The summed E-state index contributed by atoms with van der Waals surface area (Å²) in [7, 11) is 0. The molecule has 0 saturated carbocycles. The molecule has 1 saturated heterocycles. The molecule has 2 unspecified atom stereocenters. The minimum absolute atomic E-state index is 0.0781. The minimum atomic E-state index is -0.316. The Morgan fingerprint density at radius 3 is 3.11 bits per heavy atom. The van der Waals surface area contributed by atoms with Crippen LogP contribution in [0.25, 0.3) is 0 Å². The maximum atomic E-state index is 12.4. The fourth-order valence-corrected chi connectivity index (χ4v) is 2.22. The number of hydrogen-bond acceptors (Lipinski definition) is 5. The second-order valence-electron chi connectivity index (χ2n) is 4.70. The molecule has 6 heteroatoms. The van der Waals surface area contributed by atoms with Gasteiger partial charge in [-0.1, -0.05) is 0 Å². The highest BCUT2D eigenvalue weighted by molar-refractivity contribution is 5.94. The number of amides is 1. The van der Waals surface area contributed by atoms with Crippen LogP contribution in [0.3, 0.4) is 0 Å². The quantitative estimate of drug-likeness (QED) is 0.787. The van der Waals surface area contributed by atoms with Crippen molar-refractivity contribution in [3.05, 3.63) is 29.6 Å². The molecule has 2 heterocycles. The van der Waals surface area contributed by atoms with E-state index in [4.69, 9.17) is 10.5 Å². The van der Waals surface area contributed by atoms with Gasteiger partial charge in [0.05, 0.1) is 24.5 Å². The molecule has 1 fully saturated rings. The molecule has 0 bridgehead atoms. The Morgan fingerprint density at radius 2 is 2.42 bits per heavy atom. The fourth-order valence-electron chi connectivity index (χ4n) is 2.22. The van der Waals surface area contributed by atoms with Crippen molar-refractivity contribution in [2.24, 2.45) is 5.73 Å². The third kappa shape index (κ3) is 3.28. The Kier molecular flexibility index (Phi) is 4.47. The maximum Gasteiger partial charge on any atom is 0.254 e. The summed E-state index contributed by atoms with van der Waals surface area (Å²) in [5.74, 6) is -0.0781. The molecule has 2 rings (SSSR count). The average molecular weight is 265 g/mol. The SMILES string of the molecule is CC1CN(C(=O)c2ccnc(CN)c2)CC(CO)O1. The van der Waals surface area contributed by atoms with Gasteiger partial charge < -0.3 is 20.5 Å². The van der Waals surface area contributed by atoms with Crippen LogP contribution < -0.4 is 5.73 Å². The molecule has 0 aliphatic carbocycles. The first-order valence-electron chi connectivity index (χ1n) is 6.34. The monoisotopic (exact) mass is 265 g/mol. The second kappa shape index (κ2) is 6.10. The number of nitrogens with two attached hydrogens (primary N) is 1. The van der Waals surface area contributed by atoms with Gasteiger partial charge in [0.15, 0.2) is 0 Å². The molecule has 1 aromatic heterocycles. The number of aliphatic hydroxyl groups is 1. The van der Waals surface area contributed by atoms with Gasteiger partial charge in [-0.25, -0.2) is 0 Å². The average Bonchev–Trinajstić information content (AvgIpc) is 2.45. The molecule has 1 amide bonds. The Hall–Kier alpha value is -1.50. The van der Waals surface area contributed by atoms with E-state index in [1.54, 1.807) is 23.2 Å². The zero-order chi connectivity index (χ0) is 13.8. The van der Waals surface area contributed by atoms with Crippen molar-refractivity contribution in [1.29, 1.82) is 0 Å². The normalized spacial score (nSPS) is 23.4. The predicted octanol–water partition coefficient (Wildman–Crippen LogP) is -0.238. The summed E-state index contributed by atoms with van der Waals surface area (Å²) in [5, 5.41) is 9.17. The van der Waals surface area contributed by atoms with E-state index >= 15 is 0 Å². The lowest BCUT2D eigenvalue weighted by Gasteiger charge is -2.36. The maximum absolute atomic E-state index is 12.4. The van der Waals surface area contributed by atoms with Crippen molar-refractivity contribution in [2.45, 2.75) is 25.7 Å². The first kappa shape index (κ1) is 13.9. The molecule has 6 nitrogen and oxygen atoms in total. The number of carbonyl (C=O) groups excluding carboxylic acids is 1. The summed E-state index contributed by atoms with van der Waals surface area (Å²) in [5.41, 5.74) is 6.78. The van der Waals surface area contributed by atoms with E-state index in [1.165, 1.54) is 0 Å². The van der Waals surface area contributed by atoms with Crippen LogP contribution >= 0.6 is 0 Å². The van der Waals surface area contributed by atoms with Crippen LogP contribution in [-0.4, -0.2) is 52.8 Å². The second-order valence-corrected chi connectivity index (χ2v) is 4.70. The minimum Gasteiger partial charge on any atom is -0.394 e. The molecule has 1 aromatic rings. The van der Waals surface area contributed by atoms with Crippen LogP contribution in [0.4, 0.5) is 0 Å². The van der Waals surface area contributed by atoms with Crippen molar-refractivity contribution in [2.75, 3.05) is 19.7 Å². The van der Waals surface area contributed by atoms with Crippen LogP contribution in [0.2, 0.25) is 0 Å². The van der Waals surface area contributed by atoms with Gasteiger partial charge in [-0.2, -0.15) is 0 Å². The van der Waals surface area contributed by atoms with Crippen molar-refractivity contribution in [3.8, 4) is 0 Å². The van der Waals surface area contributed by atoms with Crippen molar-refractivity contribution < 1.29 is 14.6 Å². The Labute approximate surface area is 112 Å². The summed E-state index contributed by atoms with van der Waals surface area (Å²) < 4.78 is 5.52. The zero-order valence-corrected chi connectivity index (χ0v) is 11.0. The number of ether oxygens (including phenoxy) is 1. The lowest BCUT2D eigenvalue weighted by Crippen LogP contribution is -2.50. The fraction of sp³-hybridized carbons (Fsp3) is 0.538. The summed E-state index contributed by atoms with van der Waals surface area (Å²) in [6.45, 7) is 3.04. The summed E-state index contributed by atoms with van der Waals surface area (Å²) in [6.07, 6.45) is 1.19. The highest BCUT2D eigenvalue weighted by atomic mass is 16.5. The van der Waals surface area contributed by atoms with Gasteiger partial charge in [0.25, 0.3) is 5.91 Å². The molecule has 3 N–H and O–H groups in total. The van der Waals surface area contributed by atoms with Gasteiger partial charge in [0, 0.05) is 31.4 Å². The molecule has 0 radical (unpaired) electrons. The molecule has 1 aliphatic rings. The summed E-state index contributed by atoms with van der Waals surface area (Å²) in [6, 6.07) is 3.38. The smallest absolute Gasteiger partial charge is 0.254 e. The Morgan fingerprint density at radius 1 is 1.63 bits per heavy atom. The van der Waals surface area contributed by atoms with Gasteiger partial charge in [-0.05, 0) is 19.1 Å². The van der Waals surface area contributed by atoms with Gasteiger partial charge in [-0.3, -0.25) is 9.78 Å². The Bertz CT molecular complexity index is 453. The predicted molar refractivity (Wildman–Crippen MR) is 69.5 cm³/mol. The van der Waals surface area contributed by atoms with E-state index in [0.717, 1.165) is 0 Å². The number of pyridine rings is 1. The molecule has 1 aliphatic heterocycles. The van der Waals surface area contributed by atoms with Crippen LogP contribution in [-0.2, 0) is 11.3 Å². The number of hydrogen-bond donors (Lipinski definition) is 2. The lowest BCUT2D eigenvalue weighted by atomic mass is 10.1. The molecule has 0 spiro atoms. The van der Waals surface area contributed by atoms with Gasteiger partial charge in [-0.15, -0.1) is 0 Å². The molecule has 19 heavy (non-hydrogen) atoms. The highest BCUT2D eigenvalue weighted by Gasteiger charge is 2.28. The number of rotatable bonds is 3. The molecular weight excluding hydrogens is 246 g/mol. The number of aliphatic hydroxyl groups excluding tert-OH is 1. The Balaban J connectivity index is 2.13. The van der Waals surface area contributed by atoms with Crippen molar-refractivity contribution in [3.63, 3.8) is 0 Å². The standard InChI is InChI=1S/C13H19N3O3/c1-9-6-16(7-12(8-17)19-9)13(18)10-2-3-15-11(4-10)5-14/h2-4,9,12,17H,5-8,14H2,1H3. The van der Waals surface area contributed by atoms with E-state index < -0.39 is 0 Å². The number of nitrogens with zero attached hydrogens (tertiary/aromatic N) is 2. The molecular formula is C13H19N3O3. The summed E-state index contributed by atoms with van der Waals surface area (Å²) in [4.78, 5) is 18.2. The first-order valence-corrected chi connectivity index (χ1v) is 6.34. The van der Waals surface area contributed by atoms with E-state index in [9.17, 15) is 9.90 Å². The van der Waals surface area contributed by atoms with E-state index in [2.05, 4.69) is 4.98 Å². The number of morpholine rings is 1. The van der Waals surface area contributed by atoms with E-state index in [0.29, 0.717) is 30.9 Å². The largest absolute Gasteiger partial charge is 0.394 e. The lowest BCUT2D eigenvalue weighted by molar-refractivity contribution is -0.0858. The van der Waals surface area contributed by atoms with Crippen molar-refractivity contribution >= 4 is 5.91 Å². The van der Waals surface area contributed by atoms with Crippen LogP contribution in [0.5, 0.6) is 0 Å². The van der Waals surface area contributed by atoms with Gasteiger partial charge in [0.2, 0.25) is 0 Å². The first-order chi connectivity index (χ1) is 9.13. The van der Waals surface area contributed by atoms with E-state index in [1.807, 2.05) is 6.92 Å². The van der Waals surface area contributed by atoms with Gasteiger partial charge >= 0.3 is 0 Å². The third-order valence-corrected chi connectivity index (χ3v) is 3.09. The van der Waals surface area contributed by atoms with Gasteiger partial charge in [0.1, 0.15) is 0 Å². The zero-order valence-electron chi connectivity index (χ0n) is 11.0. The molecule has 0 aromatic carbocycles. The van der Waals surface area contributed by atoms with Crippen LogP contribution in [0.15, 0.2) is 18.3 Å². The van der Waals surface area contributed by atoms with E-state index in [-0.39, 0.29) is 24.7 Å². The van der Waals surface area contributed by atoms with Crippen molar-refractivity contribution in [1.82, 2.24) is 9.88 Å². The summed E-state index contributed by atoms with van der Waals surface area (Å²) >= 11 is 0. The number of carbonyl (C=O) groups is 1. The van der Waals surface area contributed by atoms with Crippen LogP contribution in [0.1, 0.15) is 23.0 Å². The topological polar surface area (TPSA) is 88.7 Å². The highest BCUT2D eigenvalue weighted by Crippen LogP contribution is 2.14. The van der Waals surface area contributed by atoms with Crippen LogP contribution in [0, 0.1) is 0 Å². The molecule has 104 valence electrons.